The Kier molecular flexibility index (Phi) is 10.1. The third-order valence-corrected chi connectivity index (χ3v) is 8.65. The minimum Gasteiger partial charge on any atom is -0.497 e. The second kappa shape index (κ2) is 14.0. The second-order valence-corrected chi connectivity index (χ2v) is 13.1. The summed E-state index contributed by atoms with van der Waals surface area (Å²) in [5.74, 6) is 4.63. The summed E-state index contributed by atoms with van der Waals surface area (Å²) in [4.78, 5) is 26.7. The number of hydrogen-bond acceptors (Lipinski definition) is 10. The van der Waals surface area contributed by atoms with E-state index in [1.54, 1.807) is 33.3 Å². The fraction of sp³-hybridized carbons (Fsp3) is 0.432. The van der Waals surface area contributed by atoms with Crippen LogP contribution in [0.25, 0.3) is 10.8 Å². The zero-order valence-electron chi connectivity index (χ0n) is 29.7. The molecule has 11 nitrogen and oxygen atoms in total. The van der Waals surface area contributed by atoms with E-state index in [4.69, 9.17) is 33.7 Å². The lowest BCUT2D eigenvalue weighted by molar-refractivity contribution is 0.0238. The van der Waals surface area contributed by atoms with E-state index in [0.717, 1.165) is 57.6 Å². The molecule has 2 aromatic carbocycles. The van der Waals surface area contributed by atoms with Crippen LogP contribution in [0.4, 0.5) is 16.4 Å². The molecule has 4 aromatic rings. The lowest BCUT2D eigenvalue weighted by Gasteiger charge is -2.28. The van der Waals surface area contributed by atoms with Crippen LogP contribution in [0.2, 0.25) is 0 Å². The Balaban J connectivity index is 1.56. The zero-order valence-corrected chi connectivity index (χ0v) is 29.7. The Morgan fingerprint density at radius 3 is 2.44 bits per heavy atom. The molecule has 1 amide bonds. The number of anilines is 2. The Morgan fingerprint density at radius 1 is 1.00 bits per heavy atom. The average Bonchev–Trinajstić information content (AvgIpc) is 3.55. The molecule has 1 atom stereocenters. The minimum atomic E-state index is -0.567. The van der Waals surface area contributed by atoms with Crippen molar-refractivity contribution in [2.45, 2.75) is 66.2 Å². The van der Waals surface area contributed by atoms with Crippen molar-refractivity contribution in [2.24, 2.45) is 0 Å². The molecule has 1 aliphatic rings. The fourth-order valence-corrected chi connectivity index (χ4v) is 5.92. The van der Waals surface area contributed by atoms with E-state index in [9.17, 15) is 4.79 Å². The van der Waals surface area contributed by atoms with Crippen LogP contribution >= 0.6 is 0 Å². The fourth-order valence-electron chi connectivity index (χ4n) is 5.92. The number of carbonyl (C=O) groups excluding carboxylic acids is 1. The van der Waals surface area contributed by atoms with Crippen LogP contribution < -0.4 is 29.2 Å². The minimum absolute atomic E-state index is 0.0279. The Hall–Kier alpha value is -4.93. The standard InChI is InChI=1S/C37H47N5O6/c1-22-11-14-29(45-9)24(3)33(22)47-35-32-28(18-31(40-35)42-16-15-26(21-42)41(7)36(43)48-37(4,5)6)23(2)19-38-34(32)39-20-25-12-13-27(44-8)17-30(25)46-10/h11-14,17-19,26H,15-16,20-21H2,1-10H3,(H,38,39)/t26-/m1/s1. The number of aromatic nitrogens is 2. The molecular formula is C37H47N5O6. The molecule has 2 aromatic heterocycles. The normalized spacial score (nSPS) is 14.5. The van der Waals surface area contributed by atoms with Crippen molar-refractivity contribution in [2.75, 3.05) is 51.7 Å². The molecule has 5 rings (SSSR count). The molecule has 0 unspecified atom stereocenters. The summed E-state index contributed by atoms with van der Waals surface area (Å²) in [6, 6.07) is 11.7. The van der Waals surface area contributed by atoms with Gasteiger partial charge in [0.1, 0.15) is 40.2 Å². The highest BCUT2D eigenvalue weighted by molar-refractivity contribution is 5.99. The molecule has 0 aliphatic carbocycles. The van der Waals surface area contributed by atoms with Crippen LogP contribution in [0.1, 0.15) is 49.4 Å². The number of rotatable bonds is 10. The maximum absolute atomic E-state index is 12.9. The van der Waals surface area contributed by atoms with Gasteiger partial charge in [-0.15, -0.1) is 0 Å². The third-order valence-electron chi connectivity index (χ3n) is 8.65. The summed E-state index contributed by atoms with van der Waals surface area (Å²) >= 11 is 0. The van der Waals surface area contributed by atoms with Crippen molar-refractivity contribution in [3.05, 3.63) is 64.8 Å². The molecule has 11 heteroatoms. The largest absolute Gasteiger partial charge is 0.497 e. The number of aryl methyl sites for hydroxylation is 2. The predicted octanol–water partition coefficient (Wildman–Crippen LogP) is 7.43. The topological polar surface area (TPSA) is 108 Å². The van der Waals surface area contributed by atoms with Crippen molar-refractivity contribution < 1.29 is 28.5 Å². The van der Waals surface area contributed by atoms with Gasteiger partial charge in [0.15, 0.2) is 0 Å². The number of fused-ring (bicyclic) bond motifs is 1. The molecule has 48 heavy (non-hydrogen) atoms. The van der Waals surface area contributed by atoms with Gasteiger partial charge in [0.05, 0.1) is 32.8 Å². The molecular weight excluding hydrogens is 610 g/mol. The average molecular weight is 658 g/mol. The summed E-state index contributed by atoms with van der Waals surface area (Å²) in [6.07, 6.45) is 2.31. The number of ether oxygens (including phenoxy) is 5. The summed E-state index contributed by atoms with van der Waals surface area (Å²) < 4.78 is 29.1. The number of pyridine rings is 2. The molecule has 0 radical (unpaired) electrons. The molecule has 256 valence electrons. The van der Waals surface area contributed by atoms with Crippen LogP contribution in [-0.4, -0.2) is 74.1 Å². The van der Waals surface area contributed by atoms with E-state index >= 15 is 0 Å². The highest BCUT2D eigenvalue weighted by Gasteiger charge is 2.32. The quantitative estimate of drug-likeness (QED) is 0.185. The van der Waals surface area contributed by atoms with Gasteiger partial charge in [-0.25, -0.2) is 9.78 Å². The molecule has 1 aliphatic heterocycles. The number of likely N-dealkylation sites (N-methyl/N-ethyl adjacent to an activating group) is 1. The first-order valence-electron chi connectivity index (χ1n) is 16.1. The van der Waals surface area contributed by atoms with Crippen LogP contribution in [0, 0.1) is 20.8 Å². The molecule has 3 heterocycles. The van der Waals surface area contributed by atoms with Crippen LogP contribution in [0.15, 0.2) is 42.6 Å². The number of benzene rings is 2. The van der Waals surface area contributed by atoms with Crippen molar-refractivity contribution in [1.82, 2.24) is 14.9 Å². The van der Waals surface area contributed by atoms with Gasteiger partial charge in [-0.2, -0.15) is 4.98 Å². The van der Waals surface area contributed by atoms with Crippen molar-refractivity contribution in [3.63, 3.8) is 0 Å². The number of nitrogens with zero attached hydrogens (tertiary/aromatic N) is 4. The summed E-state index contributed by atoms with van der Waals surface area (Å²) in [6.45, 7) is 13.4. The molecule has 1 saturated heterocycles. The smallest absolute Gasteiger partial charge is 0.410 e. The van der Waals surface area contributed by atoms with Gasteiger partial charge in [-0.1, -0.05) is 6.07 Å². The number of carbonyl (C=O) groups is 1. The first kappa shape index (κ1) is 34.4. The summed E-state index contributed by atoms with van der Waals surface area (Å²) in [7, 11) is 6.72. The van der Waals surface area contributed by atoms with Crippen LogP contribution in [0.5, 0.6) is 28.9 Å². The van der Waals surface area contributed by atoms with Crippen molar-refractivity contribution >= 4 is 28.5 Å². The van der Waals surface area contributed by atoms with E-state index in [2.05, 4.69) is 16.3 Å². The Bertz CT molecular complexity index is 1800. The third kappa shape index (κ3) is 7.30. The molecule has 1 fully saturated rings. The second-order valence-electron chi connectivity index (χ2n) is 13.1. The molecule has 0 saturated carbocycles. The molecule has 1 N–H and O–H groups in total. The monoisotopic (exact) mass is 657 g/mol. The number of amides is 1. The van der Waals surface area contributed by atoms with Crippen LogP contribution in [-0.2, 0) is 11.3 Å². The van der Waals surface area contributed by atoms with E-state index in [0.29, 0.717) is 42.0 Å². The summed E-state index contributed by atoms with van der Waals surface area (Å²) in [5.41, 5.74) is 3.18. The summed E-state index contributed by atoms with van der Waals surface area (Å²) in [5, 5.41) is 5.23. The van der Waals surface area contributed by atoms with Crippen molar-refractivity contribution in [3.8, 4) is 28.9 Å². The van der Waals surface area contributed by atoms with Crippen molar-refractivity contribution in [1.29, 1.82) is 0 Å². The van der Waals surface area contributed by atoms with Gasteiger partial charge in [0, 0.05) is 50.1 Å². The number of nitrogens with one attached hydrogen (secondary N) is 1. The first-order valence-corrected chi connectivity index (χ1v) is 16.1. The van der Waals surface area contributed by atoms with Gasteiger partial charge in [-0.05, 0) is 88.7 Å². The molecule has 0 bridgehead atoms. The Labute approximate surface area is 283 Å². The highest BCUT2D eigenvalue weighted by Crippen LogP contribution is 2.41. The molecule has 0 spiro atoms. The van der Waals surface area contributed by atoms with E-state index in [1.807, 2.05) is 78.1 Å². The van der Waals surface area contributed by atoms with Gasteiger partial charge >= 0.3 is 6.09 Å². The zero-order chi connectivity index (χ0) is 34.7. The van der Waals surface area contributed by atoms with Gasteiger partial charge in [0.25, 0.3) is 0 Å². The SMILES string of the molecule is COc1ccc(CNc2ncc(C)c3cc(N4CC[C@@H](N(C)C(=O)OC(C)(C)C)C4)nc(Oc4c(C)ccc(OC)c4C)c23)c(OC)c1. The number of hydrogen-bond donors (Lipinski definition) is 1. The first-order chi connectivity index (χ1) is 22.8. The van der Waals surface area contributed by atoms with E-state index in [-0.39, 0.29) is 12.1 Å². The van der Waals surface area contributed by atoms with Gasteiger partial charge in [-0.3, -0.25) is 0 Å². The lowest BCUT2D eigenvalue weighted by atomic mass is 10.1. The highest BCUT2D eigenvalue weighted by atomic mass is 16.6. The Morgan fingerprint density at radius 2 is 1.75 bits per heavy atom. The lowest BCUT2D eigenvalue weighted by Crippen LogP contribution is -2.42. The number of methoxy groups -OCH3 is 3. The maximum atomic E-state index is 12.9. The van der Waals surface area contributed by atoms with Crippen LogP contribution in [0.3, 0.4) is 0 Å². The van der Waals surface area contributed by atoms with Gasteiger partial charge < -0.3 is 38.8 Å². The predicted molar refractivity (Wildman–Crippen MR) is 188 cm³/mol. The van der Waals surface area contributed by atoms with Gasteiger partial charge in [0.2, 0.25) is 5.88 Å². The maximum Gasteiger partial charge on any atom is 0.410 e. The van der Waals surface area contributed by atoms with E-state index < -0.39 is 5.60 Å². The van der Waals surface area contributed by atoms with E-state index in [1.165, 1.54) is 0 Å².